The molecule has 5 heteroatoms. The van der Waals surface area contributed by atoms with Crippen LogP contribution in [0.1, 0.15) is 19.0 Å². The van der Waals surface area contributed by atoms with E-state index in [1.165, 1.54) is 7.11 Å². The van der Waals surface area contributed by atoms with Gasteiger partial charge in [0.05, 0.1) is 26.3 Å². The minimum absolute atomic E-state index is 0.188. The number of esters is 1. The van der Waals surface area contributed by atoms with Crippen LogP contribution in [0.15, 0.2) is 18.2 Å². The van der Waals surface area contributed by atoms with E-state index >= 15 is 0 Å². The van der Waals surface area contributed by atoms with Gasteiger partial charge in [-0.3, -0.25) is 9.69 Å². The Morgan fingerprint density at radius 1 is 1.39 bits per heavy atom. The number of aromatic nitrogens is 1. The Bertz CT molecular complexity index is 382. The van der Waals surface area contributed by atoms with Crippen molar-refractivity contribution < 1.29 is 14.3 Å². The van der Waals surface area contributed by atoms with Gasteiger partial charge < -0.3 is 9.47 Å². The van der Waals surface area contributed by atoms with Gasteiger partial charge in [-0.2, -0.15) is 0 Å². The predicted octanol–water partition coefficient (Wildman–Crippen LogP) is 1.48. The van der Waals surface area contributed by atoms with E-state index in [1.54, 1.807) is 7.11 Å². The number of rotatable bonds is 7. The highest BCUT2D eigenvalue weighted by Crippen LogP contribution is 2.09. The van der Waals surface area contributed by atoms with Crippen molar-refractivity contribution in [1.82, 2.24) is 9.88 Å². The summed E-state index contributed by atoms with van der Waals surface area (Å²) in [7, 11) is 3.00. The molecule has 1 aromatic rings. The zero-order valence-electron chi connectivity index (χ0n) is 11.2. The summed E-state index contributed by atoms with van der Waals surface area (Å²) in [5.74, 6) is 0.420. The van der Waals surface area contributed by atoms with E-state index in [9.17, 15) is 4.79 Å². The SMILES string of the molecule is CCN(CCC(=O)OC)Cc1cccc(OC)n1. The third-order valence-corrected chi connectivity index (χ3v) is 2.68. The fourth-order valence-corrected chi connectivity index (χ4v) is 1.59. The second kappa shape index (κ2) is 7.66. The van der Waals surface area contributed by atoms with E-state index in [0.29, 0.717) is 25.4 Å². The van der Waals surface area contributed by atoms with E-state index in [-0.39, 0.29) is 5.97 Å². The average Bonchev–Trinajstić information content (AvgIpc) is 2.43. The maximum absolute atomic E-state index is 11.1. The quantitative estimate of drug-likeness (QED) is 0.688. The van der Waals surface area contributed by atoms with Crippen molar-refractivity contribution in [2.24, 2.45) is 0 Å². The van der Waals surface area contributed by atoms with Gasteiger partial charge in [0.2, 0.25) is 5.88 Å². The van der Waals surface area contributed by atoms with Gasteiger partial charge in [0.25, 0.3) is 0 Å². The van der Waals surface area contributed by atoms with Crippen molar-refractivity contribution in [1.29, 1.82) is 0 Å². The molecule has 0 fully saturated rings. The van der Waals surface area contributed by atoms with Crippen LogP contribution in [0, 0.1) is 0 Å². The lowest BCUT2D eigenvalue weighted by atomic mass is 10.3. The Hall–Kier alpha value is -1.62. The number of pyridine rings is 1. The van der Waals surface area contributed by atoms with Gasteiger partial charge >= 0.3 is 5.97 Å². The normalized spacial score (nSPS) is 10.4. The first-order chi connectivity index (χ1) is 8.69. The number of carbonyl (C=O) groups is 1. The number of nitrogens with zero attached hydrogens (tertiary/aromatic N) is 2. The molecule has 1 aromatic heterocycles. The fraction of sp³-hybridized carbons (Fsp3) is 0.538. The molecule has 0 radical (unpaired) electrons. The first kappa shape index (κ1) is 14.4. The molecule has 1 rings (SSSR count). The summed E-state index contributed by atoms with van der Waals surface area (Å²) in [5, 5.41) is 0. The first-order valence-corrected chi connectivity index (χ1v) is 5.98. The molecule has 0 bridgehead atoms. The van der Waals surface area contributed by atoms with Crippen molar-refractivity contribution >= 4 is 5.97 Å². The van der Waals surface area contributed by atoms with Crippen LogP contribution in [-0.4, -0.2) is 43.2 Å². The number of hydrogen-bond acceptors (Lipinski definition) is 5. The third kappa shape index (κ3) is 4.71. The van der Waals surface area contributed by atoms with E-state index in [2.05, 4.69) is 21.5 Å². The van der Waals surface area contributed by atoms with E-state index in [4.69, 9.17) is 4.74 Å². The van der Waals surface area contributed by atoms with Gasteiger partial charge in [0.15, 0.2) is 0 Å². The Balaban J connectivity index is 2.53. The molecule has 1 heterocycles. The minimum Gasteiger partial charge on any atom is -0.481 e. The highest BCUT2D eigenvalue weighted by molar-refractivity contribution is 5.69. The maximum Gasteiger partial charge on any atom is 0.306 e. The van der Waals surface area contributed by atoms with Crippen molar-refractivity contribution in [3.8, 4) is 5.88 Å². The predicted molar refractivity (Wildman–Crippen MR) is 68.4 cm³/mol. The lowest BCUT2D eigenvalue weighted by Crippen LogP contribution is -2.26. The number of hydrogen-bond donors (Lipinski definition) is 0. The molecule has 100 valence electrons. The lowest BCUT2D eigenvalue weighted by molar-refractivity contribution is -0.141. The molecular formula is C13H20N2O3. The molecule has 0 N–H and O–H groups in total. The van der Waals surface area contributed by atoms with Crippen LogP contribution in [0.2, 0.25) is 0 Å². The monoisotopic (exact) mass is 252 g/mol. The van der Waals surface area contributed by atoms with Crippen LogP contribution in [0.25, 0.3) is 0 Å². The van der Waals surface area contributed by atoms with E-state index in [0.717, 1.165) is 12.2 Å². The standard InChI is InChI=1S/C13H20N2O3/c1-4-15(9-8-13(16)18-3)10-11-6-5-7-12(14-11)17-2/h5-7H,4,8-10H2,1-3H3. The molecule has 0 unspecified atom stereocenters. The largest absolute Gasteiger partial charge is 0.481 e. The summed E-state index contributed by atoms with van der Waals surface area (Å²) in [6.45, 7) is 4.28. The van der Waals surface area contributed by atoms with Crippen molar-refractivity contribution in [3.63, 3.8) is 0 Å². The molecule has 18 heavy (non-hydrogen) atoms. The third-order valence-electron chi connectivity index (χ3n) is 2.68. The first-order valence-electron chi connectivity index (χ1n) is 5.98. The van der Waals surface area contributed by atoms with Gasteiger partial charge in [0, 0.05) is 19.2 Å². The van der Waals surface area contributed by atoms with Gasteiger partial charge in [-0.05, 0) is 12.6 Å². The van der Waals surface area contributed by atoms with E-state index in [1.807, 2.05) is 18.2 Å². The van der Waals surface area contributed by atoms with Crippen LogP contribution in [0.4, 0.5) is 0 Å². The van der Waals surface area contributed by atoms with Crippen molar-refractivity contribution in [2.75, 3.05) is 27.3 Å². The number of ether oxygens (including phenoxy) is 2. The Morgan fingerprint density at radius 2 is 2.17 bits per heavy atom. The van der Waals surface area contributed by atoms with Gasteiger partial charge in [-0.25, -0.2) is 4.98 Å². The minimum atomic E-state index is -0.188. The van der Waals surface area contributed by atoms with Crippen LogP contribution in [0.3, 0.4) is 0 Å². The highest BCUT2D eigenvalue weighted by atomic mass is 16.5. The smallest absolute Gasteiger partial charge is 0.306 e. The Labute approximate surface area is 108 Å². The van der Waals surface area contributed by atoms with Gasteiger partial charge in [0.1, 0.15) is 0 Å². The van der Waals surface area contributed by atoms with Crippen molar-refractivity contribution in [2.45, 2.75) is 19.9 Å². The molecular weight excluding hydrogens is 232 g/mol. The Kier molecular flexibility index (Phi) is 6.14. The average molecular weight is 252 g/mol. The molecule has 0 saturated heterocycles. The summed E-state index contributed by atoms with van der Waals surface area (Å²) in [5.41, 5.74) is 0.932. The van der Waals surface area contributed by atoms with Crippen LogP contribution >= 0.6 is 0 Å². The molecule has 0 saturated carbocycles. The van der Waals surface area contributed by atoms with Crippen LogP contribution in [0.5, 0.6) is 5.88 Å². The number of methoxy groups -OCH3 is 2. The molecule has 0 aliphatic carbocycles. The zero-order chi connectivity index (χ0) is 13.4. The van der Waals surface area contributed by atoms with Gasteiger partial charge in [-0.15, -0.1) is 0 Å². The molecule has 0 aliphatic rings. The summed E-state index contributed by atoms with van der Waals surface area (Å²) in [4.78, 5) is 17.6. The van der Waals surface area contributed by atoms with Gasteiger partial charge in [-0.1, -0.05) is 13.0 Å². The molecule has 5 nitrogen and oxygen atoms in total. The molecule has 0 amide bonds. The fourth-order valence-electron chi connectivity index (χ4n) is 1.59. The zero-order valence-corrected chi connectivity index (χ0v) is 11.2. The van der Waals surface area contributed by atoms with Crippen LogP contribution < -0.4 is 4.74 Å². The number of carbonyl (C=O) groups excluding carboxylic acids is 1. The maximum atomic E-state index is 11.1. The topological polar surface area (TPSA) is 51.7 Å². The Morgan fingerprint density at radius 3 is 2.78 bits per heavy atom. The van der Waals surface area contributed by atoms with E-state index < -0.39 is 0 Å². The second-order valence-corrected chi connectivity index (χ2v) is 3.87. The summed E-state index contributed by atoms with van der Waals surface area (Å²) in [6.07, 6.45) is 0.397. The molecule has 0 aromatic carbocycles. The molecule has 0 aliphatic heterocycles. The summed E-state index contributed by atoms with van der Waals surface area (Å²) >= 11 is 0. The second-order valence-electron chi connectivity index (χ2n) is 3.87. The molecule has 0 atom stereocenters. The summed E-state index contributed by atoms with van der Waals surface area (Å²) in [6, 6.07) is 5.67. The highest BCUT2D eigenvalue weighted by Gasteiger charge is 2.08. The van der Waals surface area contributed by atoms with Crippen molar-refractivity contribution in [3.05, 3.63) is 23.9 Å². The molecule has 0 spiro atoms. The lowest BCUT2D eigenvalue weighted by Gasteiger charge is -2.19. The van der Waals surface area contributed by atoms with Crippen LogP contribution in [-0.2, 0) is 16.1 Å². The summed E-state index contributed by atoms with van der Waals surface area (Å²) < 4.78 is 9.71.